The number of aryl methyl sites for hydroxylation is 1. The van der Waals surface area contributed by atoms with Crippen LogP contribution in [0.1, 0.15) is 57.1 Å². The third-order valence-electron chi connectivity index (χ3n) is 7.58. The van der Waals surface area contributed by atoms with Gasteiger partial charge in [0.15, 0.2) is 11.6 Å². The van der Waals surface area contributed by atoms with Gasteiger partial charge in [0.2, 0.25) is 5.95 Å². The summed E-state index contributed by atoms with van der Waals surface area (Å²) in [5.74, 6) is 0.640. The van der Waals surface area contributed by atoms with Gasteiger partial charge in [-0.25, -0.2) is 28.7 Å². The Morgan fingerprint density at radius 3 is 2.46 bits per heavy atom. The summed E-state index contributed by atoms with van der Waals surface area (Å²) in [7, 11) is 1.74. The Morgan fingerprint density at radius 1 is 1.05 bits per heavy atom. The molecule has 1 atom stereocenters. The second kappa shape index (κ2) is 11.3. The zero-order valence-corrected chi connectivity index (χ0v) is 23.1. The third-order valence-corrected chi connectivity index (χ3v) is 7.58. The van der Waals surface area contributed by atoms with E-state index >= 15 is 0 Å². The summed E-state index contributed by atoms with van der Waals surface area (Å²) in [6.07, 6.45) is 5.03. The Labute approximate surface area is 227 Å². The van der Waals surface area contributed by atoms with Gasteiger partial charge in [-0.1, -0.05) is 13.0 Å². The van der Waals surface area contributed by atoms with Gasteiger partial charge in [-0.15, -0.1) is 0 Å². The number of anilines is 2. The summed E-state index contributed by atoms with van der Waals surface area (Å²) in [5.41, 5.74) is 2.17. The van der Waals surface area contributed by atoms with Crippen molar-refractivity contribution in [1.29, 1.82) is 0 Å². The molecule has 1 N–H and O–H groups in total. The molecule has 0 bridgehead atoms. The maximum Gasteiger partial charge on any atom is 0.229 e. The number of methoxy groups -OCH3 is 1. The predicted octanol–water partition coefficient (Wildman–Crippen LogP) is 6.22. The molecule has 10 heteroatoms. The van der Waals surface area contributed by atoms with Crippen LogP contribution in [0.3, 0.4) is 0 Å². The predicted molar refractivity (Wildman–Crippen MR) is 148 cm³/mol. The van der Waals surface area contributed by atoms with Crippen molar-refractivity contribution in [3.8, 4) is 11.3 Å². The Morgan fingerprint density at radius 2 is 1.82 bits per heavy atom. The van der Waals surface area contributed by atoms with E-state index in [0.29, 0.717) is 28.6 Å². The van der Waals surface area contributed by atoms with E-state index in [4.69, 9.17) is 4.74 Å². The maximum atomic E-state index is 15.0. The first-order valence-corrected chi connectivity index (χ1v) is 13.5. The van der Waals surface area contributed by atoms with Crippen LogP contribution in [0.5, 0.6) is 0 Å². The first-order valence-electron chi connectivity index (χ1n) is 13.5. The van der Waals surface area contributed by atoms with Gasteiger partial charge in [0.05, 0.1) is 17.8 Å². The maximum absolute atomic E-state index is 15.0. The van der Waals surface area contributed by atoms with Crippen LogP contribution in [0.4, 0.5) is 20.5 Å². The number of aromatic nitrogens is 5. The van der Waals surface area contributed by atoms with Crippen molar-refractivity contribution in [1.82, 2.24) is 29.4 Å². The number of nitrogens with one attached hydrogen (secondary N) is 1. The molecular weight excluding hydrogens is 500 g/mol. The van der Waals surface area contributed by atoms with E-state index in [1.807, 2.05) is 37.5 Å². The minimum Gasteiger partial charge on any atom is -0.376 e. The molecule has 0 amide bonds. The molecule has 4 aromatic rings. The van der Waals surface area contributed by atoms with E-state index in [1.165, 1.54) is 6.07 Å². The highest BCUT2D eigenvalue weighted by molar-refractivity contribution is 5.83. The lowest BCUT2D eigenvalue weighted by molar-refractivity contribution is 0.0209. The van der Waals surface area contributed by atoms with Crippen molar-refractivity contribution in [3.63, 3.8) is 0 Å². The summed E-state index contributed by atoms with van der Waals surface area (Å²) in [6, 6.07) is 6.87. The summed E-state index contributed by atoms with van der Waals surface area (Å²) < 4.78 is 37.6. The van der Waals surface area contributed by atoms with Crippen LogP contribution in [-0.4, -0.2) is 56.1 Å². The van der Waals surface area contributed by atoms with Gasteiger partial charge in [-0.05, 0) is 82.9 Å². The lowest BCUT2D eigenvalue weighted by atomic mass is 9.88. The number of benzene rings is 1. The van der Waals surface area contributed by atoms with Crippen LogP contribution in [0.2, 0.25) is 0 Å². The van der Waals surface area contributed by atoms with E-state index < -0.39 is 11.6 Å². The van der Waals surface area contributed by atoms with Gasteiger partial charge in [0, 0.05) is 24.9 Å². The average molecular weight is 536 g/mol. The lowest BCUT2D eigenvalue weighted by Crippen LogP contribution is -2.35. The van der Waals surface area contributed by atoms with Crippen LogP contribution < -0.4 is 5.32 Å². The zero-order valence-electron chi connectivity index (χ0n) is 23.1. The molecule has 8 nitrogen and oxygen atoms in total. The zero-order chi connectivity index (χ0) is 27.7. The molecule has 39 heavy (non-hydrogen) atoms. The van der Waals surface area contributed by atoms with Gasteiger partial charge in [-0.3, -0.25) is 0 Å². The fraction of sp³-hybridized carbons (Fsp3) is 0.448. The minimum atomic E-state index is -0.646. The van der Waals surface area contributed by atoms with Gasteiger partial charge < -0.3 is 19.5 Å². The number of ether oxygens (including phenoxy) is 1. The normalized spacial score (nSPS) is 15.8. The molecule has 3 aromatic heterocycles. The van der Waals surface area contributed by atoms with E-state index in [-0.39, 0.29) is 29.3 Å². The smallest absolute Gasteiger partial charge is 0.229 e. The Bertz CT molecular complexity index is 1450. The molecule has 206 valence electrons. The van der Waals surface area contributed by atoms with Gasteiger partial charge in [0.1, 0.15) is 22.9 Å². The van der Waals surface area contributed by atoms with Crippen molar-refractivity contribution in [2.24, 2.45) is 5.92 Å². The van der Waals surface area contributed by atoms with Crippen molar-refractivity contribution in [2.75, 3.05) is 32.1 Å². The number of fused-ring (bicyclic) bond motifs is 1. The number of rotatable bonds is 8. The SMILES string of the molecule is CCN1CCC([C@H](OC)c2ccc(Nc3ncc(F)c(-c4cc(F)c5nc(C)n(C(C)C)c5c4)n3)nc2)CC1. The molecule has 0 radical (unpaired) electrons. The van der Waals surface area contributed by atoms with Gasteiger partial charge in [-0.2, -0.15) is 0 Å². The molecule has 1 aliphatic rings. The molecule has 0 unspecified atom stereocenters. The van der Waals surface area contributed by atoms with Crippen LogP contribution in [-0.2, 0) is 4.74 Å². The molecule has 4 heterocycles. The van der Waals surface area contributed by atoms with Crippen molar-refractivity contribution in [3.05, 3.63) is 59.7 Å². The van der Waals surface area contributed by atoms with Crippen molar-refractivity contribution in [2.45, 2.75) is 52.7 Å². The number of piperidine rings is 1. The second-order valence-corrected chi connectivity index (χ2v) is 10.4. The van der Waals surface area contributed by atoms with E-state index in [2.05, 4.69) is 37.1 Å². The highest BCUT2D eigenvalue weighted by Gasteiger charge is 2.27. The van der Waals surface area contributed by atoms with E-state index in [0.717, 1.165) is 44.2 Å². The number of pyridine rings is 1. The van der Waals surface area contributed by atoms with Crippen LogP contribution in [0.25, 0.3) is 22.3 Å². The highest BCUT2D eigenvalue weighted by atomic mass is 19.1. The van der Waals surface area contributed by atoms with Crippen LogP contribution in [0.15, 0.2) is 36.7 Å². The first kappa shape index (κ1) is 27.1. The molecule has 0 aliphatic carbocycles. The second-order valence-electron chi connectivity index (χ2n) is 10.4. The molecule has 5 rings (SSSR count). The first-order chi connectivity index (χ1) is 18.8. The number of halogens is 2. The van der Waals surface area contributed by atoms with Crippen LogP contribution >= 0.6 is 0 Å². The largest absolute Gasteiger partial charge is 0.376 e. The summed E-state index contributed by atoms with van der Waals surface area (Å²) in [4.78, 5) is 19.8. The molecule has 1 aromatic carbocycles. The van der Waals surface area contributed by atoms with Crippen molar-refractivity contribution < 1.29 is 13.5 Å². The van der Waals surface area contributed by atoms with Crippen LogP contribution in [0, 0.1) is 24.5 Å². The molecule has 0 spiro atoms. The summed E-state index contributed by atoms with van der Waals surface area (Å²) in [6.45, 7) is 11.2. The number of hydrogen-bond acceptors (Lipinski definition) is 7. The number of imidazole rings is 1. The monoisotopic (exact) mass is 535 g/mol. The van der Waals surface area contributed by atoms with Gasteiger partial charge in [0.25, 0.3) is 0 Å². The molecule has 1 fully saturated rings. The molecular formula is C29H35F2N7O. The number of nitrogens with zero attached hydrogens (tertiary/aromatic N) is 6. The quantitative estimate of drug-likeness (QED) is 0.287. The Balaban J connectivity index is 1.38. The third kappa shape index (κ3) is 5.49. The molecule has 1 saturated heterocycles. The average Bonchev–Trinajstić information content (AvgIpc) is 3.28. The fourth-order valence-corrected chi connectivity index (χ4v) is 5.62. The standard InChI is InChI=1S/C29H35F2N7O/c1-6-37-11-9-19(10-12-37)28(39-5)20-7-8-25(32-15-20)35-29-33-16-23(31)26(36-29)21-13-22(30)27-24(14-21)38(17(2)3)18(4)34-27/h7-8,13-17,19,28H,6,9-12H2,1-5H3,(H,32,33,35,36)/t28-/m0/s1. The molecule has 0 saturated carbocycles. The number of likely N-dealkylation sites (tertiary alicyclic amines) is 1. The summed E-state index contributed by atoms with van der Waals surface area (Å²) >= 11 is 0. The fourth-order valence-electron chi connectivity index (χ4n) is 5.62. The van der Waals surface area contributed by atoms with E-state index in [9.17, 15) is 8.78 Å². The summed E-state index contributed by atoms with van der Waals surface area (Å²) in [5, 5.41) is 3.05. The minimum absolute atomic E-state index is 0.00283. The molecule has 1 aliphatic heterocycles. The Hall–Kier alpha value is -3.50. The topological polar surface area (TPSA) is 81.0 Å². The van der Waals surface area contributed by atoms with Crippen molar-refractivity contribution >= 4 is 22.8 Å². The lowest BCUT2D eigenvalue weighted by Gasteiger charge is -2.35. The Kier molecular flexibility index (Phi) is 7.86. The van der Waals surface area contributed by atoms with Gasteiger partial charge >= 0.3 is 0 Å². The number of hydrogen-bond donors (Lipinski definition) is 1. The van der Waals surface area contributed by atoms with E-state index in [1.54, 1.807) is 19.4 Å². The highest BCUT2D eigenvalue weighted by Crippen LogP contribution is 2.34.